The molecular formula is C16H14F2O2. The molecule has 0 fully saturated rings. The van der Waals surface area contributed by atoms with Crippen LogP contribution in [0.25, 0.3) is 0 Å². The largest absolute Gasteiger partial charge is 0.497 e. The number of ether oxygens (including phenoxy) is 1. The van der Waals surface area contributed by atoms with Crippen molar-refractivity contribution in [3.63, 3.8) is 0 Å². The molecule has 20 heavy (non-hydrogen) atoms. The van der Waals surface area contributed by atoms with Crippen LogP contribution in [0.2, 0.25) is 0 Å². The summed E-state index contributed by atoms with van der Waals surface area (Å²) in [6.07, 6.45) is 0. The van der Waals surface area contributed by atoms with Crippen LogP contribution < -0.4 is 4.74 Å². The van der Waals surface area contributed by atoms with Crippen molar-refractivity contribution in [2.75, 3.05) is 7.11 Å². The van der Waals surface area contributed by atoms with Crippen LogP contribution in [0.3, 0.4) is 0 Å². The molecule has 2 aromatic rings. The Bertz CT molecular complexity index is 655. The molecule has 0 N–H and O–H groups in total. The lowest BCUT2D eigenvalue weighted by Crippen LogP contribution is -2.10. The summed E-state index contributed by atoms with van der Waals surface area (Å²) in [7, 11) is 1.31. The Hall–Kier alpha value is -2.23. The molecule has 0 aliphatic carbocycles. The van der Waals surface area contributed by atoms with Gasteiger partial charge in [-0.05, 0) is 25.5 Å². The predicted octanol–water partition coefficient (Wildman–Crippen LogP) is 3.82. The first kappa shape index (κ1) is 14.2. The molecule has 0 atom stereocenters. The monoisotopic (exact) mass is 276 g/mol. The summed E-state index contributed by atoms with van der Waals surface area (Å²) in [5.41, 5.74) is 1.27. The number of aryl methyl sites for hydroxylation is 2. The molecule has 0 aliphatic heterocycles. The van der Waals surface area contributed by atoms with Gasteiger partial charge in [0.05, 0.1) is 12.7 Å². The first-order chi connectivity index (χ1) is 9.43. The second-order valence-corrected chi connectivity index (χ2v) is 4.61. The number of hydrogen-bond acceptors (Lipinski definition) is 2. The molecule has 0 aliphatic rings. The molecule has 2 nitrogen and oxygen atoms in total. The molecular weight excluding hydrogens is 262 g/mol. The van der Waals surface area contributed by atoms with Gasteiger partial charge in [0.1, 0.15) is 17.4 Å². The molecule has 0 heterocycles. The lowest BCUT2D eigenvalue weighted by atomic mass is 9.96. The first-order valence-electron chi connectivity index (χ1n) is 6.09. The Labute approximate surface area is 116 Å². The highest BCUT2D eigenvalue weighted by Crippen LogP contribution is 2.24. The zero-order chi connectivity index (χ0) is 14.9. The Balaban J connectivity index is 2.56. The van der Waals surface area contributed by atoms with E-state index in [2.05, 4.69) is 0 Å². The summed E-state index contributed by atoms with van der Waals surface area (Å²) in [5.74, 6) is -2.47. The van der Waals surface area contributed by atoms with Crippen LogP contribution in [-0.4, -0.2) is 12.9 Å². The Morgan fingerprint density at radius 1 is 1.05 bits per heavy atom. The summed E-state index contributed by atoms with van der Waals surface area (Å²) in [5, 5.41) is 0. The molecule has 2 rings (SSSR count). The number of ketones is 1. The summed E-state index contributed by atoms with van der Waals surface area (Å²) in [6.45, 7) is 3.54. The van der Waals surface area contributed by atoms with E-state index >= 15 is 0 Å². The van der Waals surface area contributed by atoms with E-state index in [9.17, 15) is 13.6 Å². The standard InChI is InChI=1S/C16H14F2O2/c1-9-4-5-10(2)12(6-9)16(19)15-13(17)7-11(20-3)8-14(15)18/h4-8H,1-3H3. The predicted molar refractivity (Wildman–Crippen MR) is 72.3 cm³/mol. The number of rotatable bonds is 3. The molecule has 0 saturated heterocycles. The van der Waals surface area contributed by atoms with Crippen molar-refractivity contribution >= 4 is 5.78 Å². The number of methoxy groups -OCH3 is 1. The van der Waals surface area contributed by atoms with Gasteiger partial charge < -0.3 is 4.74 Å². The highest BCUT2D eigenvalue weighted by molar-refractivity contribution is 6.10. The SMILES string of the molecule is COc1cc(F)c(C(=O)c2cc(C)ccc2C)c(F)c1. The molecule has 0 aromatic heterocycles. The number of halogens is 2. The minimum absolute atomic E-state index is 0.0394. The van der Waals surface area contributed by atoms with Gasteiger partial charge in [-0.2, -0.15) is 0 Å². The highest BCUT2D eigenvalue weighted by Gasteiger charge is 2.21. The number of benzene rings is 2. The summed E-state index contributed by atoms with van der Waals surface area (Å²) in [4.78, 5) is 12.3. The van der Waals surface area contributed by atoms with Gasteiger partial charge in [-0.3, -0.25) is 4.79 Å². The van der Waals surface area contributed by atoms with Gasteiger partial charge in [0.2, 0.25) is 0 Å². The van der Waals surface area contributed by atoms with E-state index < -0.39 is 23.0 Å². The minimum Gasteiger partial charge on any atom is -0.497 e. The van der Waals surface area contributed by atoms with Crippen LogP contribution in [0.15, 0.2) is 30.3 Å². The molecule has 0 saturated carbocycles. The normalized spacial score (nSPS) is 10.4. The number of carbonyl (C=O) groups is 1. The molecule has 0 spiro atoms. The van der Waals surface area contributed by atoms with E-state index in [0.29, 0.717) is 11.1 Å². The quantitative estimate of drug-likeness (QED) is 0.797. The smallest absolute Gasteiger partial charge is 0.199 e. The number of hydrogen-bond donors (Lipinski definition) is 0. The van der Waals surface area contributed by atoms with Crippen LogP contribution in [-0.2, 0) is 0 Å². The van der Waals surface area contributed by atoms with Gasteiger partial charge >= 0.3 is 0 Å². The van der Waals surface area contributed by atoms with Crippen LogP contribution in [0, 0.1) is 25.5 Å². The van der Waals surface area contributed by atoms with Gasteiger partial charge in [0, 0.05) is 17.7 Å². The topological polar surface area (TPSA) is 26.3 Å². The average Bonchev–Trinajstić information content (AvgIpc) is 2.40. The minimum atomic E-state index is -0.923. The van der Waals surface area contributed by atoms with Crippen molar-refractivity contribution in [1.29, 1.82) is 0 Å². The Morgan fingerprint density at radius 3 is 2.20 bits per heavy atom. The lowest BCUT2D eigenvalue weighted by molar-refractivity contribution is 0.103. The molecule has 0 unspecified atom stereocenters. The second-order valence-electron chi connectivity index (χ2n) is 4.61. The maximum Gasteiger partial charge on any atom is 0.199 e. The van der Waals surface area contributed by atoms with Crippen molar-refractivity contribution < 1.29 is 18.3 Å². The van der Waals surface area contributed by atoms with Crippen LogP contribution >= 0.6 is 0 Å². The number of carbonyl (C=O) groups excluding carboxylic acids is 1. The van der Waals surface area contributed by atoms with Crippen LogP contribution in [0.1, 0.15) is 27.0 Å². The fourth-order valence-corrected chi connectivity index (χ4v) is 2.00. The lowest BCUT2D eigenvalue weighted by Gasteiger charge is -2.09. The van der Waals surface area contributed by atoms with E-state index in [1.165, 1.54) is 7.11 Å². The molecule has 104 valence electrons. The molecule has 0 radical (unpaired) electrons. The van der Waals surface area contributed by atoms with E-state index in [1.54, 1.807) is 19.1 Å². The van der Waals surface area contributed by atoms with Crippen molar-refractivity contribution in [1.82, 2.24) is 0 Å². The van der Waals surface area contributed by atoms with Crippen molar-refractivity contribution in [2.24, 2.45) is 0 Å². The van der Waals surface area contributed by atoms with Crippen molar-refractivity contribution in [3.8, 4) is 5.75 Å². The molecule has 0 bridgehead atoms. The molecule has 0 amide bonds. The average molecular weight is 276 g/mol. The van der Waals surface area contributed by atoms with Gasteiger partial charge in [-0.15, -0.1) is 0 Å². The van der Waals surface area contributed by atoms with E-state index in [4.69, 9.17) is 4.74 Å². The van der Waals surface area contributed by atoms with Gasteiger partial charge in [-0.1, -0.05) is 17.7 Å². The highest BCUT2D eigenvalue weighted by atomic mass is 19.1. The van der Waals surface area contributed by atoms with E-state index in [1.807, 2.05) is 13.0 Å². The van der Waals surface area contributed by atoms with Gasteiger partial charge in [0.25, 0.3) is 0 Å². The fraction of sp³-hybridized carbons (Fsp3) is 0.188. The third-order valence-electron chi connectivity index (χ3n) is 3.12. The van der Waals surface area contributed by atoms with E-state index in [0.717, 1.165) is 17.7 Å². The van der Waals surface area contributed by atoms with Crippen LogP contribution in [0.5, 0.6) is 5.75 Å². The third-order valence-corrected chi connectivity index (χ3v) is 3.12. The second kappa shape index (κ2) is 5.41. The Morgan fingerprint density at radius 2 is 1.65 bits per heavy atom. The Kier molecular flexibility index (Phi) is 3.84. The van der Waals surface area contributed by atoms with Crippen LogP contribution in [0.4, 0.5) is 8.78 Å². The van der Waals surface area contributed by atoms with Gasteiger partial charge in [-0.25, -0.2) is 8.78 Å². The summed E-state index contributed by atoms with van der Waals surface area (Å²) >= 11 is 0. The molecule has 2 aromatic carbocycles. The third kappa shape index (κ3) is 2.54. The van der Waals surface area contributed by atoms with Crippen molar-refractivity contribution in [3.05, 3.63) is 64.2 Å². The first-order valence-corrected chi connectivity index (χ1v) is 6.09. The zero-order valence-corrected chi connectivity index (χ0v) is 11.5. The van der Waals surface area contributed by atoms with Crippen molar-refractivity contribution in [2.45, 2.75) is 13.8 Å². The van der Waals surface area contributed by atoms with Gasteiger partial charge in [0.15, 0.2) is 5.78 Å². The molecule has 4 heteroatoms. The fourth-order valence-electron chi connectivity index (χ4n) is 2.00. The maximum atomic E-state index is 13.9. The maximum absolute atomic E-state index is 13.9. The summed E-state index contributed by atoms with van der Waals surface area (Å²) in [6, 6.07) is 7.22. The summed E-state index contributed by atoms with van der Waals surface area (Å²) < 4.78 is 32.6. The van der Waals surface area contributed by atoms with E-state index in [-0.39, 0.29) is 5.75 Å². The zero-order valence-electron chi connectivity index (χ0n) is 11.5.